The number of hydrogen-bond acceptors (Lipinski definition) is 2. The number of carbonyl (C=O) groups is 1. The Kier molecular flexibility index (Phi) is 3.56. The molecule has 1 aliphatic rings. The molecule has 1 aliphatic heterocycles. The van der Waals surface area contributed by atoms with E-state index in [0.29, 0.717) is 27.4 Å². The van der Waals surface area contributed by atoms with Crippen molar-refractivity contribution in [2.24, 2.45) is 0 Å². The molecule has 0 bridgehead atoms. The molecule has 0 atom stereocenters. The van der Waals surface area contributed by atoms with Crippen LogP contribution in [0.15, 0.2) is 18.2 Å². The van der Waals surface area contributed by atoms with Crippen molar-refractivity contribution in [2.75, 3.05) is 18.0 Å². The zero-order valence-corrected chi connectivity index (χ0v) is 11.4. The highest BCUT2D eigenvalue weighted by molar-refractivity contribution is 7.80. The van der Waals surface area contributed by atoms with Crippen LogP contribution in [-0.4, -0.2) is 29.0 Å². The van der Waals surface area contributed by atoms with Gasteiger partial charge in [-0.3, -0.25) is 9.69 Å². The molecule has 0 spiro atoms. The van der Waals surface area contributed by atoms with E-state index in [1.807, 2.05) is 11.8 Å². The maximum atomic E-state index is 11.9. The predicted molar refractivity (Wildman–Crippen MR) is 73.8 cm³/mol. The van der Waals surface area contributed by atoms with Gasteiger partial charge in [-0.15, -0.1) is 0 Å². The lowest BCUT2D eigenvalue weighted by Gasteiger charge is -2.20. The molecule has 1 aromatic rings. The minimum atomic E-state index is -0.0824. The minimum absolute atomic E-state index is 0.0824. The van der Waals surface area contributed by atoms with Crippen LogP contribution in [0.1, 0.15) is 6.92 Å². The van der Waals surface area contributed by atoms with Crippen molar-refractivity contribution in [1.29, 1.82) is 0 Å². The standard InChI is InChI=1S/C11H10Cl2N2OS/c1-2-14-6-9(16)15(11(14)17)8-5-3-4-7(12)10(8)13/h3-5H,2,6H2,1H3. The second-order valence-corrected chi connectivity index (χ2v) is 4.75. The van der Waals surface area contributed by atoms with Gasteiger partial charge >= 0.3 is 0 Å². The van der Waals surface area contributed by atoms with Gasteiger partial charge < -0.3 is 4.90 Å². The fourth-order valence-corrected chi connectivity index (χ4v) is 2.47. The third-order valence-electron chi connectivity index (χ3n) is 2.59. The van der Waals surface area contributed by atoms with E-state index in [4.69, 9.17) is 35.4 Å². The topological polar surface area (TPSA) is 23.6 Å². The van der Waals surface area contributed by atoms with Crippen LogP contribution in [0.3, 0.4) is 0 Å². The van der Waals surface area contributed by atoms with Gasteiger partial charge in [-0.2, -0.15) is 0 Å². The molecule has 0 aromatic heterocycles. The van der Waals surface area contributed by atoms with Gasteiger partial charge in [-0.05, 0) is 31.3 Å². The minimum Gasteiger partial charge on any atom is -0.339 e. The van der Waals surface area contributed by atoms with E-state index in [9.17, 15) is 4.79 Å². The van der Waals surface area contributed by atoms with E-state index >= 15 is 0 Å². The molecule has 17 heavy (non-hydrogen) atoms. The Balaban J connectivity index is 2.44. The van der Waals surface area contributed by atoms with Gasteiger partial charge in [0.2, 0.25) is 0 Å². The van der Waals surface area contributed by atoms with Crippen LogP contribution in [0.2, 0.25) is 10.0 Å². The first-order valence-electron chi connectivity index (χ1n) is 5.12. The molecule has 2 rings (SSSR count). The highest BCUT2D eigenvalue weighted by Gasteiger charge is 2.34. The Morgan fingerprint density at radius 2 is 2.12 bits per heavy atom. The zero-order chi connectivity index (χ0) is 12.6. The van der Waals surface area contributed by atoms with E-state index in [1.165, 1.54) is 4.90 Å². The molecule has 3 nitrogen and oxygen atoms in total. The smallest absolute Gasteiger partial charge is 0.252 e. The van der Waals surface area contributed by atoms with Crippen LogP contribution < -0.4 is 4.90 Å². The van der Waals surface area contributed by atoms with Crippen LogP contribution >= 0.6 is 35.4 Å². The Bertz CT molecular complexity index is 492. The van der Waals surface area contributed by atoms with Crippen LogP contribution in [0.25, 0.3) is 0 Å². The summed E-state index contributed by atoms with van der Waals surface area (Å²) in [4.78, 5) is 15.2. The number of anilines is 1. The first-order chi connectivity index (χ1) is 8.06. The summed E-state index contributed by atoms with van der Waals surface area (Å²) in [5.41, 5.74) is 0.546. The number of benzene rings is 1. The number of amides is 1. The lowest BCUT2D eigenvalue weighted by molar-refractivity contribution is -0.116. The average molecular weight is 289 g/mol. The summed E-state index contributed by atoms with van der Waals surface area (Å²) in [6, 6.07) is 5.15. The largest absolute Gasteiger partial charge is 0.339 e. The number of rotatable bonds is 2. The van der Waals surface area contributed by atoms with Crippen LogP contribution in [-0.2, 0) is 4.79 Å². The molecule has 0 unspecified atom stereocenters. The van der Waals surface area contributed by atoms with Gasteiger partial charge in [0.15, 0.2) is 5.11 Å². The summed E-state index contributed by atoms with van der Waals surface area (Å²) in [6.07, 6.45) is 0. The van der Waals surface area contributed by atoms with Gasteiger partial charge in [0.25, 0.3) is 5.91 Å². The number of thiocarbonyl (C=S) groups is 1. The summed E-state index contributed by atoms with van der Waals surface area (Å²) < 4.78 is 0. The molecule has 1 fully saturated rings. The first kappa shape index (κ1) is 12.6. The summed E-state index contributed by atoms with van der Waals surface area (Å²) in [5.74, 6) is -0.0824. The fourth-order valence-electron chi connectivity index (χ4n) is 1.70. The molecular weight excluding hydrogens is 279 g/mol. The quantitative estimate of drug-likeness (QED) is 0.782. The Morgan fingerprint density at radius 3 is 2.71 bits per heavy atom. The second kappa shape index (κ2) is 4.80. The SMILES string of the molecule is CCN1CC(=O)N(c2cccc(Cl)c2Cl)C1=S. The van der Waals surface area contributed by atoms with Crippen LogP contribution in [0, 0.1) is 0 Å². The van der Waals surface area contributed by atoms with Crippen molar-refractivity contribution in [3.63, 3.8) is 0 Å². The molecule has 6 heteroatoms. The third kappa shape index (κ3) is 2.12. The van der Waals surface area contributed by atoms with E-state index in [2.05, 4.69) is 0 Å². The molecule has 1 heterocycles. The van der Waals surface area contributed by atoms with E-state index in [-0.39, 0.29) is 12.5 Å². The normalized spacial score (nSPS) is 15.9. The van der Waals surface area contributed by atoms with E-state index < -0.39 is 0 Å². The van der Waals surface area contributed by atoms with Crippen molar-refractivity contribution in [3.8, 4) is 0 Å². The van der Waals surface area contributed by atoms with Gasteiger partial charge in [-0.25, -0.2) is 0 Å². The van der Waals surface area contributed by atoms with Crippen molar-refractivity contribution in [1.82, 2.24) is 4.90 Å². The van der Waals surface area contributed by atoms with Crippen molar-refractivity contribution < 1.29 is 4.79 Å². The van der Waals surface area contributed by atoms with Gasteiger partial charge in [0, 0.05) is 6.54 Å². The summed E-state index contributed by atoms with van der Waals surface area (Å²) >= 11 is 17.3. The first-order valence-corrected chi connectivity index (χ1v) is 6.28. The van der Waals surface area contributed by atoms with Crippen molar-refractivity contribution in [2.45, 2.75) is 6.92 Å². The Labute approximate surface area is 115 Å². The molecule has 0 radical (unpaired) electrons. The number of carbonyl (C=O) groups excluding carboxylic acids is 1. The Morgan fingerprint density at radius 1 is 1.41 bits per heavy atom. The summed E-state index contributed by atoms with van der Waals surface area (Å²) in [6.45, 7) is 2.93. The van der Waals surface area contributed by atoms with Crippen molar-refractivity contribution >= 4 is 52.1 Å². The lowest BCUT2D eigenvalue weighted by atomic mass is 10.3. The molecule has 0 N–H and O–H groups in total. The summed E-state index contributed by atoms with van der Waals surface area (Å²) in [7, 11) is 0. The molecule has 1 saturated heterocycles. The fraction of sp³-hybridized carbons (Fsp3) is 0.273. The molecular formula is C11H10Cl2N2OS. The molecule has 0 aliphatic carbocycles. The van der Waals surface area contributed by atoms with E-state index in [0.717, 1.165) is 0 Å². The monoisotopic (exact) mass is 288 g/mol. The maximum absolute atomic E-state index is 11.9. The molecule has 90 valence electrons. The van der Waals surface area contributed by atoms with Crippen LogP contribution in [0.5, 0.6) is 0 Å². The molecule has 0 saturated carbocycles. The van der Waals surface area contributed by atoms with Crippen LogP contribution in [0.4, 0.5) is 5.69 Å². The number of halogens is 2. The zero-order valence-electron chi connectivity index (χ0n) is 9.11. The van der Waals surface area contributed by atoms with Crippen molar-refractivity contribution in [3.05, 3.63) is 28.2 Å². The third-order valence-corrected chi connectivity index (χ3v) is 3.84. The molecule has 1 aromatic carbocycles. The number of hydrogen-bond donors (Lipinski definition) is 0. The lowest BCUT2D eigenvalue weighted by Crippen LogP contribution is -2.32. The second-order valence-electron chi connectivity index (χ2n) is 3.60. The number of nitrogens with zero attached hydrogens (tertiary/aromatic N) is 2. The summed E-state index contributed by atoms with van der Waals surface area (Å²) in [5, 5.41) is 1.24. The maximum Gasteiger partial charge on any atom is 0.252 e. The average Bonchev–Trinajstić information content (AvgIpc) is 2.58. The highest BCUT2D eigenvalue weighted by Crippen LogP contribution is 2.34. The predicted octanol–water partition coefficient (Wildman–Crippen LogP) is 2.95. The van der Waals surface area contributed by atoms with E-state index in [1.54, 1.807) is 18.2 Å². The van der Waals surface area contributed by atoms with Gasteiger partial charge in [0.1, 0.15) is 0 Å². The van der Waals surface area contributed by atoms with Gasteiger partial charge in [-0.1, -0.05) is 29.3 Å². The Hall–Kier alpha value is -0.840. The number of likely N-dealkylation sites (N-methyl/N-ethyl adjacent to an activating group) is 1. The van der Waals surface area contributed by atoms with Gasteiger partial charge in [0.05, 0.1) is 22.3 Å². The molecule has 1 amide bonds. The highest BCUT2D eigenvalue weighted by atomic mass is 35.5.